The van der Waals surface area contributed by atoms with Crippen LogP contribution in [-0.4, -0.2) is 0 Å². The zero-order chi connectivity index (χ0) is 8.43. The standard InChI is InChI=1S/C7H10FN3/c8-5-2-6(10)4(3-9)1-7(5)11/h1-2H,3,9-11H2. The highest BCUT2D eigenvalue weighted by Gasteiger charge is 2.02. The fourth-order valence-corrected chi connectivity index (χ4v) is 0.829. The van der Waals surface area contributed by atoms with Crippen molar-refractivity contribution in [3.63, 3.8) is 0 Å². The zero-order valence-corrected chi connectivity index (χ0v) is 5.97. The molecule has 0 saturated heterocycles. The average molecular weight is 155 g/mol. The lowest BCUT2D eigenvalue weighted by atomic mass is 10.1. The topological polar surface area (TPSA) is 78.1 Å². The Morgan fingerprint density at radius 3 is 2.36 bits per heavy atom. The van der Waals surface area contributed by atoms with Gasteiger partial charge in [-0.05, 0) is 17.7 Å². The number of nitrogens with two attached hydrogens (primary N) is 3. The third-order valence-corrected chi connectivity index (χ3v) is 1.48. The van der Waals surface area contributed by atoms with Crippen LogP contribution in [0.15, 0.2) is 12.1 Å². The van der Waals surface area contributed by atoms with E-state index < -0.39 is 5.82 Å². The lowest BCUT2D eigenvalue weighted by Gasteiger charge is -2.04. The van der Waals surface area contributed by atoms with E-state index in [-0.39, 0.29) is 12.2 Å². The van der Waals surface area contributed by atoms with Crippen molar-refractivity contribution in [2.75, 3.05) is 11.5 Å². The molecular formula is C7H10FN3. The predicted octanol–water partition coefficient (Wildman–Crippen LogP) is 0.449. The first-order valence-electron chi connectivity index (χ1n) is 3.18. The van der Waals surface area contributed by atoms with Crippen LogP contribution in [0.1, 0.15) is 5.56 Å². The third-order valence-electron chi connectivity index (χ3n) is 1.48. The van der Waals surface area contributed by atoms with Gasteiger partial charge >= 0.3 is 0 Å². The molecule has 0 aliphatic carbocycles. The highest BCUT2D eigenvalue weighted by atomic mass is 19.1. The molecule has 0 fully saturated rings. The predicted molar refractivity (Wildman–Crippen MR) is 43.1 cm³/mol. The molecule has 0 saturated carbocycles. The molecular weight excluding hydrogens is 145 g/mol. The minimum atomic E-state index is -0.500. The number of hydrogen-bond acceptors (Lipinski definition) is 3. The third kappa shape index (κ3) is 1.40. The fraction of sp³-hybridized carbons (Fsp3) is 0.143. The number of hydrogen-bond donors (Lipinski definition) is 3. The minimum absolute atomic E-state index is 0.0830. The van der Waals surface area contributed by atoms with Crippen LogP contribution < -0.4 is 17.2 Å². The molecule has 0 bridgehead atoms. The normalized spacial score (nSPS) is 10.0. The maximum Gasteiger partial charge on any atom is 0.148 e. The smallest absolute Gasteiger partial charge is 0.148 e. The van der Waals surface area contributed by atoms with Gasteiger partial charge in [0.2, 0.25) is 0 Å². The minimum Gasteiger partial charge on any atom is -0.398 e. The Balaban J connectivity index is 3.21. The lowest BCUT2D eigenvalue weighted by molar-refractivity contribution is 0.632. The average Bonchev–Trinajstić information content (AvgIpc) is 1.97. The summed E-state index contributed by atoms with van der Waals surface area (Å²) in [4.78, 5) is 0. The van der Waals surface area contributed by atoms with Crippen molar-refractivity contribution in [1.29, 1.82) is 0 Å². The molecule has 0 aliphatic rings. The summed E-state index contributed by atoms with van der Waals surface area (Å²) in [6.45, 7) is 0.274. The highest BCUT2D eigenvalue weighted by molar-refractivity contribution is 5.56. The Bertz CT molecular complexity index is 273. The van der Waals surface area contributed by atoms with Crippen LogP contribution in [0.5, 0.6) is 0 Å². The van der Waals surface area contributed by atoms with E-state index >= 15 is 0 Å². The molecule has 0 aliphatic heterocycles. The summed E-state index contributed by atoms with van der Waals surface area (Å²) in [6.07, 6.45) is 0. The van der Waals surface area contributed by atoms with Gasteiger partial charge in [-0.15, -0.1) is 0 Å². The molecule has 11 heavy (non-hydrogen) atoms. The summed E-state index contributed by atoms with van der Waals surface area (Å²) < 4.78 is 12.7. The van der Waals surface area contributed by atoms with Gasteiger partial charge in [-0.2, -0.15) is 0 Å². The van der Waals surface area contributed by atoms with Gasteiger partial charge in [0, 0.05) is 12.2 Å². The van der Waals surface area contributed by atoms with E-state index in [2.05, 4.69) is 0 Å². The lowest BCUT2D eigenvalue weighted by Crippen LogP contribution is -2.04. The highest BCUT2D eigenvalue weighted by Crippen LogP contribution is 2.18. The SMILES string of the molecule is NCc1cc(N)c(F)cc1N. The van der Waals surface area contributed by atoms with Crippen molar-refractivity contribution in [2.24, 2.45) is 5.73 Å². The van der Waals surface area contributed by atoms with Gasteiger partial charge in [-0.1, -0.05) is 0 Å². The number of anilines is 2. The molecule has 0 amide bonds. The molecule has 0 heterocycles. The summed E-state index contributed by atoms with van der Waals surface area (Å²) in [5.41, 5.74) is 17.1. The van der Waals surface area contributed by atoms with E-state index in [1.807, 2.05) is 0 Å². The molecule has 4 heteroatoms. The summed E-state index contributed by atoms with van der Waals surface area (Å²) in [6, 6.07) is 2.63. The van der Waals surface area contributed by atoms with E-state index in [0.717, 1.165) is 0 Å². The van der Waals surface area contributed by atoms with E-state index in [0.29, 0.717) is 11.3 Å². The molecule has 6 N–H and O–H groups in total. The summed E-state index contributed by atoms with van der Waals surface area (Å²) >= 11 is 0. The van der Waals surface area contributed by atoms with Crippen LogP contribution in [0.25, 0.3) is 0 Å². The second kappa shape index (κ2) is 2.75. The molecule has 0 aromatic heterocycles. The van der Waals surface area contributed by atoms with Gasteiger partial charge in [0.1, 0.15) is 5.82 Å². The van der Waals surface area contributed by atoms with Crippen LogP contribution in [0.2, 0.25) is 0 Å². The number of rotatable bonds is 1. The van der Waals surface area contributed by atoms with Crippen LogP contribution >= 0.6 is 0 Å². The van der Waals surface area contributed by atoms with E-state index in [1.165, 1.54) is 12.1 Å². The number of benzene rings is 1. The van der Waals surface area contributed by atoms with Gasteiger partial charge in [0.25, 0.3) is 0 Å². The summed E-state index contributed by atoms with van der Waals surface area (Å²) in [5.74, 6) is -0.500. The van der Waals surface area contributed by atoms with Gasteiger partial charge in [0.15, 0.2) is 0 Å². The van der Waals surface area contributed by atoms with Gasteiger partial charge in [-0.25, -0.2) is 4.39 Å². The Kier molecular flexibility index (Phi) is 1.96. The summed E-state index contributed by atoms with van der Waals surface area (Å²) in [5, 5.41) is 0. The molecule has 1 rings (SSSR count). The monoisotopic (exact) mass is 155 g/mol. The Labute approximate surface area is 64.0 Å². The second-order valence-electron chi connectivity index (χ2n) is 2.28. The van der Waals surface area contributed by atoms with Crippen molar-refractivity contribution < 1.29 is 4.39 Å². The number of halogens is 1. The summed E-state index contributed by atoms with van der Waals surface area (Å²) in [7, 11) is 0. The maximum absolute atomic E-state index is 12.7. The van der Waals surface area contributed by atoms with Crippen molar-refractivity contribution in [3.05, 3.63) is 23.5 Å². The van der Waals surface area contributed by atoms with Crippen LogP contribution in [0, 0.1) is 5.82 Å². The molecule has 0 unspecified atom stereocenters. The molecule has 1 aromatic carbocycles. The largest absolute Gasteiger partial charge is 0.398 e. The molecule has 60 valence electrons. The van der Waals surface area contributed by atoms with Gasteiger partial charge < -0.3 is 17.2 Å². The Morgan fingerprint density at radius 2 is 1.82 bits per heavy atom. The molecule has 0 atom stereocenters. The first kappa shape index (κ1) is 7.81. The van der Waals surface area contributed by atoms with Crippen molar-refractivity contribution >= 4 is 11.4 Å². The second-order valence-corrected chi connectivity index (χ2v) is 2.28. The van der Waals surface area contributed by atoms with Crippen LogP contribution in [-0.2, 0) is 6.54 Å². The molecule has 3 nitrogen and oxygen atoms in total. The Hall–Kier alpha value is -1.29. The van der Waals surface area contributed by atoms with Gasteiger partial charge in [-0.3, -0.25) is 0 Å². The zero-order valence-electron chi connectivity index (χ0n) is 5.97. The molecule has 0 spiro atoms. The van der Waals surface area contributed by atoms with E-state index in [1.54, 1.807) is 0 Å². The Morgan fingerprint density at radius 1 is 1.18 bits per heavy atom. The van der Waals surface area contributed by atoms with Crippen LogP contribution in [0.4, 0.5) is 15.8 Å². The first-order valence-corrected chi connectivity index (χ1v) is 3.18. The number of nitrogen functional groups attached to an aromatic ring is 2. The maximum atomic E-state index is 12.7. The van der Waals surface area contributed by atoms with Crippen molar-refractivity contribution in [3.8, 4) is 0 Å². The molecule has 0 radical (unpaired) electrons. The van der Waals surface area contributed by atoms with E-state index in [4.69, 9.17) is 17.2 Å². The van der Waals surface area contributed by atoms with Crippen molar-refractivity contribution in [2.45, 2.75) is 6.54 Å². The first-order chi connectivity index (χ1) is 5.15. The fourth-order valence-electron chi connectivity index (χ4n) is 0.829. The van der Waals surface area contributed by atoms with E-state index in [9.17, 15) is 4.39 Å². The quantitative estimate of drug-likeness (QED) is 0.515. The van der Waals surface area contributed by atoms with Crippen molar-refractivity contribution in [1.82, 2.24) is 0 Å². The van der Waals surface area contributed by atoms with Gasteiger partial charge in [0.05, 0.1) is 5.69 Å². The van der Waals surface area contributed by atoms with Crippen LogP contribution in [0.3, 0.4) is 0 Å². The molecule has 1 aromatic rings.